The molecule has 1 saturated heterocycles. The van der Waals surface area contributed by atoms with Gasteiger partial charge < -0.3 is 10.2 Å². The van der Waals surface area contributed by atoms with E-state index in [1.165, 1.54) is 12.1 Å². The molecule has 1 aromatic rings. The molecule has 0 amide bonds. The van der Waals surface area contributed by atoms with Crippen LogP contribution in [0.3, 0.4) is 0 Å². The smallest absolute Gasteiger partial charge is 0.272 e. The second-order valence-corrected chi connectivity index (χ2v) is 5.09. The average molecular weight is 290 g/mol. The van der Waals surface area contributed by atoms with Crippen LogP contribution in [0.4, 0.5) is 11.4 Å². The van der Waals surface area contributed by atoms with E-state index >= 15 is 0 Å². The molecule has 1 fully saturated rings. The van der Waals surface area contributed by atoms with E-state index in [9.17, 15) is 10.1 Å². The molecule has 0 saturated carbocycles. The fraction of sp³-hybridized carbons (Fsp3) is 0.455. The number of nitrogens with zero attached hydrogens (tertiary/aromatic N) is 2. The molecule has 1 unspecified atom stereocenters. The number of anilines is 1. The van der Waals surface area contributed by atoms with Crippen molar-refractivity contribution < 1.29 is 4.92 Å². The predicted molar refractivity (Wildman–Crippen MR) is 72.8 cm³/mol. The number of benzene rings is 1. The Labute approximate surface area is 115 Å². The molecule has 0 aliphatic carbocycles. The zero-order chi connectivity index (χ0) is 13.3. The second kappa shape index (κ2) is 5.30. The van der Waals surface area contributed by atoms with Gasteiger partial charge in [0.1, 0.15) is 0 Å². The van der Waals surface area contributed by atoms with Crippen molar-refractivity contribution in [1.29, 1.82) is 0 Å². The minimum atomic E-state index is -0.501. The van der Waals surface area contributed by atoms with Crippen molar-refractivity contribution in [3.05, 3.63) is 32.3 Å². The Morgan fingerprint density at radius 3 is 2.50 bits per heavy atom. The van der Waals surface area contributed by atoms with Crippen LogP contribution in [0.2, 0.25) is 10.0 Å². The summed E-state index contributed by atoms with van der Waals surface area (Å²) in [5, 5.41) is 14.6. The van der Waals surface area contributed by atoms with Gasteiger partial charge in [-0.25, -0.2) is 0 Å². The lowest BCUT2D eigenvalue weighted by Crippen LogP contribution is -2.33. The summed E-state index contributed by atoms with van der Waals surface area (Å²) in [6.07, 6.45) is 1.00. The van der Waals surface area contributed by atoms with Gasteiger partial charge in [0.2, 0.25) is 0 Å². The van der Waals surface area contributed by atoms with Gasteiger partial charge in [-0.2, -0.15) is 0 Å². The Morgan fingerprint density at radius 2 is 2.06 bits per heavy atom. The van der Waals surface area contributed by atoms with E-state index < -0.39 is 4.92 Å². The number of halogens is 2. The van der Waals surface area contributed by atoms with Crippen molar-refractivity contribution in [3.8, 4) is 0 Å². The van der Waals surface area contributed by atoms with Crippen LogP contribution in [0.1, 0.15) is 6.42 Å². The molecule has 0 radical (unpaired) electrons. The molecule has 7 heteroatoms. The minimum absolute atomic E-state index is 0.0910. The zero-order valence-electron chi connectivity index (χ0n) is 9.82. The van der Waals surface area contributed by atoms with Gasteiger partial charge in [-0.3, -0.25) is 10.1 Å². The quantitative estimate of drug-likeness (QED) is 0.687. The maximum Gasteiger partial charge on any atom is 0.272 e. The molecule has 1 aromatic carbocycles. The van der Waals surface area contributed by atoms with Crippen molar-refractivity contribution in [2.24, 2.45) is 0 Å². The molecule has 1 aliphatic heterocycles. The van der Waals surface area contributed by atoms with E-state index in [0.29, 0.717) is 21.8 Å². The van der Waals surface area contributed by atoms with E-state index in [-0.39, 0.29) is 5.69 Å². The second-order valence-electron chi connectivity index (χ2n) is 4.27. The van der Waals surface area contributed by atoms with Crippen LogP contribution < -0.4 is 10.2 Å². The molecule has 0 aromatic heterocycles. The van der Waals surface area contributed by atoms with Gasteiger partial charge in [0.05, 0.1) is 20.7 Å². The van der Waals surface area contributed by atoms with Gasteiger partial charge in [0, 0.05) is 31.8 Å². The first-order chi connectivity index (χ1) is 8.50. The minimum Gasteiger partial charge on any atom is -0.368 e. The molecule has 0 bridgehead atoms. The van der Waals surface area contributed by atoms with Crippen LogP contribution in [-0.4, -0.2) is 31.1 Å². The van der Waals surface area contributed by atoms with Gasteiger partial charge in [0.15, 0.2) is 0 Å². The normalized spacial score (nSPS) is 18.9. The molecule has 18 heavy (non-hydrogen) atoms. The average Bonchev–Trinajstić information content (AvgIpc) is 2.80. The topological polar surface area (TPSA) is 58.4 Å². The summed E-state index contributed by atoms with van der Waals surface area (Å²) in [5.41, 5.74) is 0.560. The third-order valence-electron chi connectivity index (χ3n) is 3.15. The van der Waals surface area contributed by atoms with Gasteiger partial charge in [-0.15, -0.1) is 0 Å². The lowest BCUT2D eigenvalue weighted by atomic mass is 10.2. The third kappa shape index (κ3) is 2.53. The highest BCUT2D eigenvalue weighted by Crippen LogP contribution is 2.38. The maximum absolute atomic E-state index is 10.7. The number of hydrogen-bond donors (Lipinski definition) is 1. The summed E-state index contributed by atoms with van der Waals surface area (Å²) >= 11 is 12.2. The number of rotatable bonds is 3. The van der Waals surface area contributed by atoms with Gasteiger partial charge in [-0.05, 0) is 13.0 Å². The molecule has 98 valence electrons. The fourth-order valence-electron chi connectivity index (χ4n) is 2.15. The summed E-state index contributed by atoms with van der Waals surface area (Å²) in [6, 6.07) is 2.98. The lowest BCUT2D eigenvalue weighted by molar-refractivity contribution is -0.384. The molecule has 1 atom stereocenters. The van der Waals surface area contributed by atoms with Crippen LogP contribution >= 0.6 is 23.2 Å². The van der Waals surface area contributed by atoms with Gasteiger partial charge in [-0.1, -0.05) is 23.2 Å². The molecule has 1 aliphatic rings. The van der Waals surface area contributed by atoms with Crippen molar-refractivity contribution in [1.82, 2.24) is 5.32 Å². The van der Waals surface area contributed by atoms with Gasteiger partial charge >= 0.3 is 0 Å². The first-order valence-corrected chi connectivity index (χ1v) is 6.33. The lowest BCUT2D eigenvalue weighted by Gasteiger charge is -2.27. The number of nitrogens with one attached hydrogen (secondary N) is 1. The molecule has 1 N–H and O–H groups in total. The molecule has 5 nitrogen and oxygen atoms in total. The Balaban J connectivity index is 2.35. The first kappa shape index (κ1) is 13.4. The standard InChI is InChI=1S/C11H13Cl2N3O2/c1-15(7-2-3-14-6-7)11-9(12)4-8(16(17)18)5-10(11)13/h4-5,7,14H,2-3,6H2,1H3. The van der Waals surface area contributed by atoms with E-state index in [1.54, 1.807) is 0 Å². The summed E-state index contributed by atoms with van der Waals surface area (Å²) in [7, 11) is 1.90. The van der Waals surface area contributed by atoms with Crippen LogP contribution in [0.5, 0.6) is 0 Å². The maximum atomic E-state index is 10.7. The highest BCUT2D eigenvalue weighted by Gasteiger charge is 2.24. The summed E-state index contributed by atoms with van der Waals surface area (Å²) in [5.74, 6) is 0. The van der Waals surface area contributed by atoms with Crippen molar-refractivity contribution in [3.63, 3.8) is 0 Å². The molecule has 1 heterocycles. The molecule has 2 rings (SSSR count). The monoisotopic (exact) mass is 289 g/mol. The number of non-ortho nitro benzene ring substituents is 1. The Hall–Kier alpha value is -1.04. The molecular weight excluding hydrogens is 277 g/mol. The predicted octanol–water partition coefficient (Wildman–Crippen LogP) is 2.70. The number of likely N-dealkylation sites (N-methyl/N-ethyl adjacent to an activating group) is 1. The van der Waals surface area contributed by atoms with Crippen molar-refractivity contribution in [2.45, 2.75) is 12.5 Å². The number of nitro benzene ring substituents is 1. The largest absolute Gasteiger partial charge is 0.368 e. The highest BCUT2D eigenvalue weighted by atomic mass is 35.5. The summed E-state index contributed by atoms with van der Waals surface area (Å²) < 4.78 is 0. The van der Waals surface area contributed by atoms with Crippen molar-refractivity contribution in [2.75, 3.05) is 25.0 Å². The fourth-order valence-corrected chi connectivity index (χ4v) is 2.89. The van der Waals surface area contributed by atoms with E-state index in [1.807, 2.05) is 11.9 Å². The van der Waals surface area contributed by atoms with Crippen LogP contribution in [0.25, 0.3) is 0 Å². The Kier molecular flexibility index (Phi) is 3.94. The van der Waals surface area contributed by atoms with E-state index in [0.717, 1.165) is 19.5 Å². The van der Waals surface area contributed by atoms with Crippen LogP contribution in [0, 0.1) is 10.1 Å². The molecular formula is C11H13Cl2N3O2. The van der Waals surface area contributed by atoms with Crippen molar-refractivity contribution >= 4 is 34.6 Å². The summed E-state index contributed by atoms with van der Waals surface area (Å²) in [4.78, 5) is 12.2. The number of nitro groups is 1. The number of hydrogen-bond acceptors (Lipinski definition) is 4. The SMILES string of the molecule is CN(c1c(Cl)cc([N+](=O)[O-])cc1Cl)C1CCNC1. The van der Waals surface area contributed by atoms with Crippen LogP contribution in [-0.2, 0) is 0 Å². The first-order valence-electron chi connectivity index (χ1n) is 5.57. The summed E-state index contributed by atoms with van der Waals surface area (Å²) in [6.45, 7) is 1.82. The van der Waals surface area contributed by atoms with Crippen LogP contribution in [0.15, 0.2) is 12.1 Å². The Bertz CT molecular complexity index is 452. The third-order valence-corrected chi connectivity index (χ3v) is 3.72. The van der Waals surface area contributed by atoms with Gasteiger partial charge in [0.25, 0.3) is 5.69 Å². The van der Waals surface area contributed by atoms with E-state index in [4.69, 9.17) is 23.2 Å². The zero-order valence-corrected chi connectivity index (χ0v) is 11.3. The Morgan fingerprint density at radius 1 is 1.44 bits per heavy atom. The molecule has 0 spiro atoms. The highest BCUT2D eigenvalue weighted by molar-refractivity contribution is 6.39. The van der Waals surface area contributed by atoms with E-state index in [2.05, 4.69) is 5.32 Å².